The van der Waals surface area contributed by atoms with Crippen LogP contribution in [0.1, 0.15) is 16.8 Å². The molecule has 3 heterocycles. The molecule has 1 saturated heterocycles. The Morgan fingerprint density at radius 2 is 2.00 bits per heavy atom. The number of nitrogen functional groups attached to an aromatic ring is 1. The highest BCUT2D eigenvalue weighted by Gasteiger charge is 2.32. The van der Waals surface area contributed by atoms with Crippen molar-refractivity contribution in [3.63, 3.8) is 0 Å². The Bertz CT molecular complexity index is 1500. The molecule has 192 valence electrons. The molecule has 9 N–H and O–H groups in total. The van der Waals surface area contributed by atoms with Crippen molar-refractivity contribution in [2.45, 2.75) is 22.3 Å². The van der Waals surface area contributed by atoms with Gasteiger partial charge in [-0.25, -0.2) is 27.0 Å². The lowest BCUT2D eigenvalue weighted by Crippen LogP contribution is -2.36. The molecular formula is C19H24N10O5S2. The number of carbonyl (C=O) groups is 1. The molecule has 15 nitrogen and oxygen atoms in total. The van der Waals surface area contributed by atoms with Crippen molar-refractivity contribution in [3.05, 3.63) is 30.0 Å². The van der Waals surface area contributed by atoms with E-state index in [2.05, 4.69) is 36.2 Å². The molecule has 0 spiro atoms. The number of sulfone groups is 1. The zero-order chi connectivity index (χ0) is 26.1. The number of aromatic amines is 1. The molecule has 0 aliphatic carbocycles. The van der Waals surface area contributed by atoms with E-state index in [-0.39, 0.29) is 46.5 Å². The zero-order valence-electron chi connectivity index (χ0n) is 18.8. The van der Waals surface area contributed by atoms with Gasteiger partial charge in [0.1, 0.15) is 10.7 Å². The van der Waals surface area contributed by atoms with Crippen molar-refractivity contribution < 1.29 is 21.6 Å². The number of primary sulfonamides is 1. The van der Waals surface area contributed by atoms with Crippen LogP contribution in [0, 0.1) is 0 Å². The van der Waals surface area contributed by atoms with E-state index >= 15 is 0 Å². The van der Waals surface area contributed by atoms with Gasteiger partial charge in [-0.05, 0) is 35.9 Å². The van der Waals surface area contributed by atoms with Gasteiger partial charge < -0.3 is 22.1 Å². The maximum atomic E-state index is 12.9. The Balaban J connectivity index is 1.95. The molecule has 36 heavy (non-hydrogen) atoms. The molecular weight excluding hydrogens is 512 g/mol. The van der Waals surface area contributed by atoms with Gasteiger partial charge in [-0.15, -0.1) is 10.2 Å². The fraction of sp³-hybridized carbons (Fsp3) is 0.316. The number of benzene rings is 1. The van der Waals surface area contributed by atoms with Crippen molar-refractivity contribution in [1.82, 2.24) is 36.2 Å². The first-order valence-corrected chi connectivity index (χ1v) is 13.9. The minimum atomic E-state index is -4.65. The molecule has 1 fully saturated rings. The number of carbonyl (C=O) groups excluding carboxylic acids is 1. The minimum absolute atomic E-state index is 0.0443. The number of hydrogen-bond acceptors (Lipinski definition) is 12. The van der Waals surface area contributed by atoms with Crippen LogP contribution >= 0.6 is 0 Å². The molecule has 0 radical (unpaired) electrons. The molecule has 1 atom stereocenters. The molecule has 1 amide bonds. The van der Waals surface area contributed by atoms with Crippen LogP contribution < -0.4 is 27.2 Å². The molecule has 0 bridgehead atoms. The average molecular weight is 537 g/mol. The Morgan fingerprint density at radius 3 is 2.61 bits per heavy atom. The fourth-order valence-corrected chi connectivity index (χ4v) is 6.69. The molecule has 1 aromatic carbocycles. The number of amides is 1. The summed E-state index contributed by atoms with van der Waals surface area (Å²) < 4.78 is 51.2. The largest absolute Gasteiger partial charge is 0.383 e. The van der Waals surface area contributed by atoms with Crippen LogP contribution in [-0.2, 0) is 19.9 Å². The van der Waals surface area contributed by atoms with Crippen molar-refractivity contribution in [2.75, 3.05) is 31.1 Å². The van der Waals surface area contributed by atoms with Crippen LogP contribution in [0.15, 0.2) is 34.2 Å². The standard InChI is InChI=1S/C19H24N10O5S2/c20-4-6-35(31,32)14-2-1-12(15(16(14)36(22,33)34)18-26-28-29-27-18)10-7-13(17(21)24-8-10)19(30)25-11-3-5-23-9-11/h1-2,7-8,11,23H,3-6,9,20H2,(H2,21,24)(H,25,30)(H2,22,33,34)(H,26,27,28,29)/t11-/m0/s1. The molecule has 0 saturated carbocycles. The maximum absolute atomic E-state index is 12.9. The third kappa shape index (κ3) is 5.05. The van der Waals surface area contributed by atoms with Crippen molar-refractivity contribution >= 4 is 31.6 Å². The van der Waals surface area contributed by atoms with Crippen LogP contribution in [0.3, 0.4) is 0 Å². The predicted molar refractivity (Wildman–Crippen MR) is 128 cm³/mol. The topological polar surface area (TPSA) is 255 Å². The molecule has 1 aliphatic rings. The smallest absolute Gasteiger partial charge is 0.255 e. The lowest BCUT2D eigenvalue weighted by molar-refractivity contribution is 0.0940. The molecule has 3 aromatic rings. The van der Waals surface area contributed by atoms with E-state index in [0.29, 0.717) is 6.54 Å². The van der Waals surface area contributed by atoms with E-state index in [0.717, 1.165) is 19.0 Å². The number of tetrazole rings is 1. The summed E-state index contributed by atoms with van der Waals surface area (Å²) in [5.41, 5.74) is 11.6. The number of nitrogens with zero attached hydrogens (tertiary/aromatic N) is 4. The molecule has 0 unspecified atom stereocenters. The second kappa shape index (κ2) is 9.86. The first kappa shape index (κ1) is 25.6. The van der Waals surface area contributed by atoms with Crippen LogP contribution in [0.25, 0.3) is 22.5 Å². The highest BCUT2D eigenvalue weighted by molar-refractivity contribution is 7.93. The van der Waals surface area contributed by atoms with Crippen LogP contribution in [0.4, 0.5) is 5.82 Å². The van der Waals surface area contributed by atoms with Gasteiger partial charge in [0.05, 0.1) is 21.8 Å². The molecule has 4 rings (SSSR count). The van der Waals surface area contributed by atoms with Gasteiger partial charge in [-0.1, -0.05) is 6.07 Å². The van der Waals surface area contributed by atoms with Crippen LogP contribution in [0.2, 0.25) is 0 Å². The van der Waals surface area contributed by atoms with Gasteiger partial charge >= 0.3 is 0 Å². The first-order chi connectivity index (χ1) is 17.0. The number of nitrogens with two attached hydrogens (primary N) is 3. The van der Waals surface area contributed by atoms with Crippen molar-refractivity contribution in [2.24, 2.45) is 10.9 Å². The highest BCUT2D eigenvalue weighted by Crippen LogP contribution is 2.39. The van der Waals surface area contributed by atoms with Crippen molar-refractivity contribution in [3.8, 4) is 22.5 Å². The second-order valence-electron chi connectivity index (χ2n) is 8.02. The van der Waals surface area contributed by atoms with E-state index in [4.69, 9.17) is 16.6 Å². The summed E-state index contributed by atoms with van der Waals surface area (Å²) in [6.45, 7) is 1.13. The number of nitrogens with one attached hydrogen (secondary N) is 3. The number of H-pyrrole nitrogens is 1. The summed E-state index contributed by atoms with van der Waals surface area (Å²) in [6.07, 6.45) is 2.06. The summed E-state index contributed by atoms with van der Waals surface area (Å²) in [4.78, 5) is 15.7. The van der Waals surface area contributed by atoms with E-state index < -0.39 is 41.3 Å². The third-order valence-electron chi connectivity index (χ3n) is 5.57. The number of sulfonamides is 1. The second-order valence-corrected chi connectivity index (χ2v) is 11.6. The number of anilines is 1. The summed E-state index contributed by atoms with van der Waals surface area (Å²) in [7, 11) is -8.80. The maximum Gasteiger partial charge on any atom is 0.255 e. The molecule has 1 aliphatic heterocycles. The summed E-state index contributed by atoms with van der Waals surface area (Å²) in [5.74, 6) is -1.27. The normalized spacial score (nSPS) is 16.2. The Labute approximate surface area is 206 Å². The molecule has 2 aromatic heterocycles. The number of rotatable bonds is 8. The lowest BCUT2D eigenvalue weighted by Gasteiger charge is -2.17. The average Bonchev–Trinajstić information content (AvgIpc) is 3.52. The SMILES string of the molecule is NCCS(=O)(=O)c1ccc(-c2cnc(N)c(C(=O)N[C@H]3CCNC3)c2)c(-c2nn[nH]n2)c1S(N)(=O)=O. The number of aromatic nitrogens is 5. The lowest BCUT2D eigenvalue weighted by atomic mass is 9.98. The highest BCUT2D eigenvalue weighted by atomic mass is 32.2. The van der Waals surface area contributed by atoms with Gasteiger partial charge in [0.25, 0.3) is 5.91 Å². The molecule has 17 heteroatoms. The fourth-order valence-electron chi connectivity index (χ4n) is 3.93. The van der Waals surface area contributed by atoms with Gasteiger partial charge in [0.15, 0.2) is 9.84 Å². The van der Waals surface area contributed by atoms with Gasteiger partial charge in [0, 0.05) is 30.9 Å². The summed E-state index contributed by atoms with van der Waals surface area (Å²) in [5, 5.41) is 24.8. The Kier molecular flexibility index (Phi) is 7.01. The van der Waals surface area contributed by atoms with Gasteiger partial charge in [0.2, 0.25) is 15.8 Å². The van der Waals surface area contributed by atoms with Crippen molar-refractivity contribution in [1.29, 1.82) is 0 Å². The van der Waals surface area contributed by atoms with E-state index in [1.165, 1.54) is 18.3 Å². The zero-order valence-corrected chi connectivity index (χ0v) is 20.4. The van der Waals surface area contributed by atoms with E-state index in [1.807, 2.05) is 0 Å². The predicted octanol–water partition coefficient (Wildman–Crippen LogP) is -2.02. The van der Waals surface area contributed by atoms with Gasteiger partial charge in [-0.2, -0.15) is 5.21 Å². The summed E-state index contributed by atoms with van der Waals surface area (Å²) >= 11 is 0. The monoisotopic (exact) mass is 536 g/mol. The Morgan fingerprint density at radius 1 is 1.22 bits per heavy atom. The first-order valence-electron chi connectivity index (χ1n) is 10.7. The van der Waals surface area contributed by atoms with Crippen LogP contribution in [0.5, 0.6) is 0 Å². The quantitative estimate of drug-likeness (QED) is 0.182. The van der Waals surface area contributed by atoms with Gasteiger partial charge in [-0.3, -0.25) is 4.79 Å². The van der Waals surface area contributed by atoms with E-state index in [9.17, 15) is 21.6 Å². The number of pyridine rings is 1. The minimum Gasteiger partial charge on any atom is -0.383 e. The van der Waals surface area contributed by atoms with E-state index in [1.54, 1.807) is 0 Å². The summed E-state index contributed by atoms with van der Waals surface area (Å²) in [6, 6.07) is 3.78. The number of hydrogen-bond donors (Lipinski definition) is 6. The third-order valence-corrected chi connectivity index (χ3v) is 8.47. The Hall–Kier alpha value is -3.51. The van der Waals surface area contributed by atoms with Crippen LogP contribution in [-0.4, -0.2) is 79.8 Å².